The lowest BCUT2D eigenvalue weighted by Crippen LogP contribution is -1.79. The van der Waals surface area contributed by atoms with E-state index in [1.165, 1.54) is 4.88 Å². The predicted molar refractivity (Wildman–Crippen MR) is 68.1 cm³/mol. The van der Waals surface area contributed by atoms with Gasteiger partial charge in [-0.15, -0.1) is 11.3 Å². The Bertz CT molecular complexity index is 323. The second-order valence-corrected chi connectivity index (χ2v) is 4.60. The smallest absolute Gasteiger partial charge is 0.0733 e. The molecule has 0 aliphatic rings. The van der Waals surface area contributed by atoms with Gasteiger partial charge in [0.25, 0.3) is 0 Å². The van der Waals surface area contributed by atoms with E-state index in [0.29, 0.717) is 0 Å². The number of thiophene rings is 1. The lowest BCUT2D eigenvalue weighted by molar-refractivity contribution is 1.11. The zero-order chi connectivity index (χ0) is 10.2. The molecule has 0 amide bonds. The van der Waals surface area contributed by atoms with E-state index in [1.54, 1.807) is 23.1 Å². The quantitative estimate of drug-likeness (QED) is 0.685. The highest BCUT2D eigenvalue weighted by atomic mass is 32.2. The fourth-order valence-electron chi connectivity index (χ4n) is 0.897. The summed E-state index contributed by atoms with van der Waals surface area (Å²) < 4.78 is 0. The molecule has 0 N–H and O–H groups in total. The molecule has 3 heteroatoms. The molecule has 0 fully saturated rings. The Labute approximate surface area is 93.3 Å². The maximum atomic E-state index is 4.35. The van der Waals surface area contributed by atoms with Gasteiger partial charge in [-0.1, -0.05) is 30.5 Å². The molecule has 1 heterocycles. The van der Waals surface area contributed by atoms with Crippen LogP contribution in [-0.4, -0.2) is 6.21 Å². The molecule has 0 saturated heterocycles. The summed E-state index contributed by atoms with van der Waals surface area (Å²) in [5.41, 5.74) is 0. The minimum atomic E-state index is 0.771. The van der Waals surface area contributed by atoms with Gasteiger partial charge < -0.3 is 0 Å². The maximum Gasteiger partial charge on any atom is 0.0733 e. The third-order valence-electron chi connectivity index (χ3n) is 1.55. The summed E-state index contributed by atoms with van der Waals surface area (Å²) in [4.78, 5) is 6.78. The third-order valence-corrected chi connectivity index (χ3v) is 3.19. The SMILES string of the molecule is C=CSC(C=NCc1cccs1)=CC. The Hall–Kier alpha value is -0.800. The Morgan fingerprint density at radius 1 is 1.71 bits per heavy atom. The largest absolute Gasteiger partial charge is 0.286 e. The predicted octanol–water partition coefficient (Wildman–Crippen LogP) is 4.10. The molecule has 0 aromatic carbocycles. The first kappa shape index (κ1) is 11.3. The molecule has 74 valence electrons. The molecule has 0 unspecified atom stereocenters. The minimum Gasteiger partial charge on any atom is -0.286 e. The molecule has 1 nitrogen and oxygen atoms in total. The van der Waals surface area contributed by atoms with E-state index < -0.39 is 0 Å². The van der Waals surface area contributed by atoms with Crippen LogP contribution < -0.4 is 0 Å². The maximum absolute atomic E-state index is 4.35. The van der Waals surface area contributed by atoms with Gasteiger partial charge in [0, 0.05) is 16.0 Å². The van der Waals surface area contributed by atoms with E-state index in [0.717, 1.165) is 11.4 Å². The number of nitrogens with zero attached hydrogens (tertiary/aromatic N) is 1. The fraction of sp³-hybridized carbons (Fsp3) is 0.182. The summed E-state index contributed by atoms with van der Waals surface area (Å²) in [5.74, 6) is 0. The molecule has 0 saturated carbocycles. The van der Waals surface area contributed by atoms with Crippen LogP contribution in [0.2, 0.25) is 0 Å². The summed E-state index contributed by atoms with van der Waals surface area (Å²) in [7, 11) is 0. The zero-order valence-electron chi connectivity index (χ0n) is 8.14. The molecule has 14 heavy (non-hydrogen) atoms. The van der Waals surface area contributed by atoms with Crippen LogP contribution in [0.5, 0.6) is 0 Å². The van der Waals surface area contributed by atoms with Crippen LogP contribution in [0, 0.1) is 0 Å². The second kappa shape index (κ2) is 6.62. The average Bonchev–Trinajstić information content (AvgIpc) is 2.69. The van der Waals surface area contributed by atoms with Crippen molar-refractivity contribution in [3.8, 4) is 0 Å². The van der Waals surface area contributed by atoms with Gasteiger partial charge in [0.15, 0.2) is 0 Å². The van der Waals surface area contributed by atoms with Crippen molar-refractivity contribution >= 4 is 29.3 Å². The van der Waals surface area contributed by atoms with E-state index in [-0.39, 0.29) is 0 Å². The molecular formula is C11H13NS2. The number of aliphatic imine (C=N–C) groups is 1. The van der Waals surface area contributed by atoms with Crippen molar-refractivity contribution in [1.82, 2.24) is 0 Å². The number of allylic oxidation sites excluding steroid dienone is 2. The summed E-state index contributed by atoms with van der Waals surface area (Å²) in [6, 6.07) is 4.14. The lowest BCUT2D eigenvalue weighted by atomic mass is 10.5. The normalized spacial score (nSPS) is 12.2. The van der Waals surface area contributed by atoms with E-state index in [4.69, 9.17) is 0 Å². The van der Waals surface area contributed by atoms with Gasteiger partial charge in [0.2, 0.25) is 0 Å². The van der Waals surface area contributed by atoms with E-state index in [9.17, 15) is 0 Å². The summed E-state index contributed by atoms with van der Waals surface area (Å²) in [6.45, 7) is 6.44. The number of hydrogen-bond acceptors (Lipinski definition) is 3. The summed E-state index contributed by atoms with van der Waals surface area (Å²) in [5, 5.41) is 3.88. The van der Waals surface area contributed by atoms with Gasteiger partial charge in [-0.2, -0.15) is 0 Å². The van der Waals surface area contributed by atoms with Crippen molar-refractivity contribution in [2.45, 2.75) is 13.5 Å². The van der Waals surface area contributed by atoms with Gasteiger partial charge in [0.1, 0.15) is 0 Å². The van der Waals surface area contributed by atoms with E-state index >= 15 is 0 Å². The number of hydrogen-bond donors (Lipinski definition) is 0. The van der Waals surface area contributed by atoms with Crippen LogP contribution in [0.25, 0.3) is 0 Å². The average molecular weight is 223 g/mol. The lowest BCUT2D eigenvalue weighted by Gasteiger charge is -1.93. The van der Waals surface area contributed by atoms with Crippen molar-refractivity contribution in [2.75, 3.05) is 0 Å². The summed E-state index contributed by atoms with van der Waals surface area (Å²) in [6.07, 6.45) is 3.93. The Morgan fingerprint density at radius 3 is 3.14 bits per heavy atom. The topological polar surface area (TPSA) is 12.4 Å². The van der Waals surface area contributed by atoms with Crippen molar-refractivity contribution in [1.29, 1.82) is 0 Å². The van der Waals surface area contributed by atoms with Gasteiger partial charge >= 0.3 is 0 Å². The summed E-state index contributed by atoms with van der Waals surface area (Å²) >= 11 is 3.33. The zero-order valence-corrected chi connectivity index (χ0v) is 9.78. The molecule has 0 atom stereocenters. The van der Waals surface area contributed by atoms with Crippen LogP contribution >= 0.6 is 23.1 Å². The monoisotopic (exact) mass is 223 g/mol. The first-order valence-corrected chi connectivity index (χ1v) is 6.09. The van der Waals surface area contributed by atoms with Crippen LogP contribution in [-0.2, 0) is 6.54 Å². The van der Waals surface area contributed by atoms with Crippen molar-refractivity contribution < 1.29 is 0 Å². The second-order valence-electron chi connectivity index (χ2n) is 2.52. The third kappa shape index (κ3) is 3.94. The molecule has 1 aromatic rings. The van der Waals surface area contributed by atoms with E-state index in [1.807, 2.05) is 30.7 Å². The molecule has 0 aliphatic heterocycles. The van der Waals surface area contributed by atoms with Crippen LogP contribution in [0.15, 0.2) is 45.5 Å². The number of rotatable bonds is 5. The molecule has 0 bridgehead atoms. The molecule has 0 aliphatic carbocycles. The highest BCUT2D eigenvalue weighted by Crippen LogP contribution is 2.14. The standard InChI is InChI=1S/C11H13NS2/c1-3-10(13-4-2)8-12-9-11-6-5-7-14-11/h3-8H,2,9H2,1H3. The van der Waals surface area contributed by atoms with Gasteiger partial charge in [-0.25, -0.2) is 0 Å². The first-order chi connectivity index (χ1) is 6.86. The number of thioether (sulfide) groups is 1. The van der Waals surface area contributed by atoms with Gasteiger partial charge in [-0.05, 0) is 23.8 Å². The molecule has 1 rings (SSSR count). The first-order valence-electron chi connectivity index (χ1n) is 4.33. The minimum absolute atomic E-state index is 0.771. The fourth-order valence-corrected chi connectivity index (χ4v) is 2.00. The molecule has 1 aromatic heterocycles. The Kier molecular flexibility index (Phi) is 5.33. The molecular weight excluding hydrogens is 210 g/mol. The Morgan fingerprint density at radius 2 is 2.57 bits per heavy atom. The van der Waals surface area contributed by atoms with E-state index in [2.05, 4.69) is 23.0 Å². The van der Waals surface area contributed by atoms with Crippen molar-refractivity contribution in [3.05, 3.63) is 45.4 Å². The van der Waals surface area contributed by atoms with Crippen molar-refractivity contribution in [2.24, 2.45) is 4.99 Å². The highest BCUT2D eigenvalue weighted by molar-refractivity contribution is 8.06. The highest BCUT2D eigenvalue weighted by Gasteiger charge is 1.90. The van der Waals surface area contributed by atoms with Crippen LogP contribution in [0.4, 0.5) is 0 Å². The van der Waals surface area contributed by atoms with Crippen LogP contribution in [0.1, 0.15) is 11.8 Å². The molecule has 0 radical (unpaired) electrons. The van der Waals surface area contributed by atoms with Gasteiger partial charge in [-0.3, -0.25) is 4.99 Å². The van der Waals surface area contributed by atoms with Crippen molar-refractivity contribution in [3.63, 3.8) is 0 Å². The Balaban J connectivity index is 2.43. The molecule has 0 spiro atoms. The van der Waals surface area contributed by atoms with Gasteiger partial charge in [0.05, 0.1) is 6.54 Å². The van der Waals surface area contributed by atoms with Crippen LogP contribution in [0.3, 0.4) is 0 Å².